The van der Waals surface area contributed by atoms with E-state index in [-0.39, 0.29) is 5.91 Å². The minimum absolute atomic E-state index is 0.0210. The summed E-state index contributed by atoms with van der Waals surface area (Å²) in [6.45, 7) is 5.26. The van der Waals surface area contributed by atoms with Gasteiger partial charge in [-0.3, -0.25) is 9.69 Å². The van der Waals surface area contributed by atoms with Crippen molar-refractivity contribution in [3.63, 3.8) is 0 Å². The summed E-state index contributed by atoms with van der Waals surface area (Å²) in [5, 5.41) is 8.29. The largest absolute Gasteiger partial charge is 0.333 e. The Morgan fingerprint density at radius 3 is 2.68 bits per heavy atom. The van der Waals surface area contributed by atoms with Crippen molar-refractivity contribution in [1.82, 2.24) is 24.8 Å². The molecule has 6 heteroatoms. The lowest BCUT2D eigenvalue weighted by Crippen LogP contribution is -2.48. The maximum atomic E-state index is 13.0. The van der Waals surface area contributed by atoms with Crippen LogP contribution in [0.5, 0.6) is 0 Å². The van der Waals surface area contributed by atoms with E-state index in [0.717, 1.165) is 38.2 Å². The third-order valence-corrected chi connectivity index (χ3v) is 5.56. The van der Waals surface area contributed by atoms with Gasteiger partial charge in [0.05, 0.1) is 11.9 Å². The highest BCUT2D eigenvalue weighted by atomic mass is 16.2. The number of aromatic nitrogens is 3. The monoisotopic (exact) mass is 339 g/mol. The van der Waals surface area contributed by atoms with Gasteiger partial charge >= 0.3 is 0 Å². The average Bonchev–Trinajstić information content (AvgIpc) is 3.41. The van der Waals surface area contributed by atoms with Gasteiger partial charge in [0.1, 0.15) is 0 Å². The molecule has 0 aliphatic carbocycles. The standard InChI is InChI=1S/C19H25N5O/c1-2-22-12-6-10-17(22)18-11-7-13-23(18)19(25)16-14-24(21-20-16)15-8-4-3-5-9-15/h3-5,8-9,14,17-18H,2,6-7,10-13H2,1H3/t17-,18+/m1/s1. The fraction of sp³-hybridized carbons (Fsp3) is 0.526. The highest BCUT2D eigenvalue weighted by Crippen LogP contribution is 2.30. The van der Waals surface area contributed by atoms with E-state index in [1.807, 2.05) is 35.2 Å². The van der Waals surface area contributed by atoms with Gasteiger partial charge < -0.3 is 4.90 Å². The Morgan fingerprint density at radius 1 is 1.12 bits per heavy atom. The van der Waals surface area contributed by atoms with Crippen LogP contribution in [0.4, 0.5) is 0 Å². The van der Waals surface area contributed by atoms with Crippen LogP contribution in [0.15, 0.2) is 36.5 Å². The Hall–Kier alpha value is -2.21. The summed E-state index contributed by atoms with van der Waals surface area (Å²) >= 11 is 0. The number of para-hydroxylation sites is 1. The van der Waals surface area contributed by atoms with Gasteiger partial charge in [0.15, 0.2) is 5.69 Å². The molecule has 2 atom stereocenters. The molecular formula is C19H25N5O. The normalized spacial score (nSPS) is 24.1. The van der Waals surface area contributed by atoms with Crippen LogP contribution < -0.4 is 0 Å². The second kappa shape index (κ2) is 6.96. The third-order valence-electron chi connectivity index (χ3n) is 5.56. The quantitative estimate of drug-likeness (QED) is 0.858. The molecular weight excluding hydrogens is 314 g/mol. The number of likely N-dealkylation sites (N-methyl/N-ethyl adjacent to an activating group) is 1. The van der Waals surface area contributed by atoms with E-state index >= 15 is 0 Å². The molecule has 2 aliphatic rings. The first-order chi connectivity index (χ1) is 12.3. The Labute approximate surface area is 148 Å². The van der Waals surface area contributed by atoms with Gasteiger partial charge in [-0.2, -0.15) is 0 Å². The molecule has 0 saturated carbocycles. The summed E-state index contributed by atoms with van der Waals surface area (Å²) in [4.78, 5) is 17.6. The van der Waals surface area contributed by atoms with Crippen molar-refractivity contribution < 1.29 is 4.79 Å². The Morgan fingerprint density at radius 2 is 1.88 bits per heavy atom. The second-order valence-corrected chi connectivity index (χ2v) is 6.93. The summed E-state index contributed by atoms with van der Waals surface area (Å²) in [6, 6.07) is 10.6. The molecule has 3 heterocycles. The lowest BCUT2D eigenvalue weighted by Gasteiger charge is -2.34. The molecule has 2 fully saturated rings. The van der Waals surface area contributed by atoms with Crippen molar-refractivity contribution >= 4 is 5.91 Å². The van der Waals surface area contributed by atoms with Crippen LogP contribution in [0.3, 0.4) is 0 Å². The van der Waals surface area contributed by atoms with Gasteiger partial charge in [0.25, 0.3) is 5.91 Å². The zero-order chi connectivity index (χ0) is 17.2. The number of hydrogen-bond donors (Lipinski definition) is 0. The zero-order valence-corrected chi connectivity index (χ0v) is 14.7. The van der Waals surface area contributed by atoms with E-state index in [2.05, 4.69) is 22.1 Å². The highest BCUT2D eigenvalue weighted by Gasteiger charge is 2.39. The van der Waals surface area contributed by atoms with Gasteiger partial charge in [0.2, 0.25) is 0 Å². The maximum absolute atomic E-state index is 13.0. The summed E-state index contributed by atoms with van der Waals surface area (Å²) < 4.78 is 1.67. The van der Waals surface area contributed by atoms with Crippen molar-refractivity contribution in [2.24, 2.45) is 0 Å². The zero-order valence-electron chi connectivity index (χ0n) is 14.7. The van der Waals surface area contributed by atoms with Crippen molar-refractivity contribution in [2.75, 3.05) is 19.6 Å². The van der Waals surface area contributed by atoms with Crippen LogP contribution in [0, 0.1) is 0 Å². The molecule has 0 N–H and O–H groups in total. The van der Waals surface area contributed by atoms with Crippen molar-refractivity contribution in [2.45, 2.75) is 44.7 Å². The molecule has 2 aliphatic heterocycles. The third kappa shape index (κ3) is 3.06. The number of benzene rings is 1. The average molecular weight is 339 g/mol. The fourth-order valence-corrected chi connectivity index (χ4v) is 4.34. The van der Waals surface area contributed by atoms with Gasteiger partial charge in [0, 0.05) is 18.6 Å². The molecule has 1 aromatic heterocycles. The van der Waals surface area contributed by atoms with Crippen molar-refractivity contribution in [3.8, 4) is 5.69 Å². The molecule has 1 amide bonds. The summed E-state index contributed by atoms with van der Waals surface area (Å²) in [7, 11) is 0. The predicted molar refractivity (Wildman–Crippen MR) is 95.7 cm³/mol. The molecule has 2 saturated heterocycles. The van der Waals surface area contributed by atoms with Crippen LogP contribution in [-0.4, -0.2) is 62.4 Å². The Balaban J connectivity index is 1.53. The minimum atomic E-state index is 0.0210. The summed E-state index contributed by atoms with van der Waals surface area (Å²) in [6.07, 6.45) is 6.36. The number of nitrogens with zero attached hydrogens (tertiary/aromatic N) is 5. The van der Waals surface area contributed by atoms with E-state index in [1.165, 1.54) is 12.8 Å². The first kappa shape index (κ1) is 16.3. The number of likely N-dealkylation sites (tertiary alicyclic amines) is 2. The molecule has 1 aromatic carbocycles. The fourth-order valence-electron chi connectivity index (χ4n) is 4.34. The number of carbonyl (C=O) groups is 1. The number of rotatable bonds is 4. The van der Waals surface area contributed by atoms with Crippen LogP contribution in [0.1, 0.15) is 43.1 Å². The minimum Gasteiger partial charge on any atom is -0.333 e. The van der Waals surface area contributed by atoms with E-state index in [0.29, 0.717) is 17.8 Å². The molecule has 0 bridgehead atoms. The molecule has 0 radical (unpaired) electrons. The molecule has 4 rings (SSSR count). The van der Waals surface area contributed by atoms with Crippen LogP contribution in [0.2, 0.25) is 0 Å². The van der Waals surface area contributed by atoms with Crippen LogP contribution in [0.25, 0.3) is 5.69 Å². The summed E-state index contributed by atoms with van der Waals surface area (Å²) in [5.41, 5.74) is 1.36. The molecule has 6 nitrogen and oxygen atoms in total. The molecule has 0 spiro atoms. The SMILES string of the molecule is CCN1CCC[C@@H]1[C@@H]1CCCN1C(=O)c1cn(-c2ccccc2)nn1. The van der Waals surface area contributed by atoms with Gasteiger partial charge in [-0.15, -0.1) is 5.10 Å². The van der Waals surface area contributed by atoms with Gasteiger partial charge in [-0.05, 0) is 50.9 Å². The lowest BCUT2D eigenvalue weighted by atomic mass is 10.0. The van der Waals surface area contributed by atoms with Crippen molar-refractivity contribution in [1.29, 1.82) is 0 Å². The van der Waals surface area contributed by atoms with E-state index in [1.54, 1.807) is 10.9 Å². The topological polar surface area (TPSA) is 54.3 Å². The molecule has 25 heavy (non-hydrogen) atoms. The number of amides is 1. The molecule has 2 aromatic rings. The maximum Gasteiger partial charge on any atom is 0.276 e. The first-order valence-corrected chi connectivity index (χ1v) is 9.30. The number of carbonyl (C=O) groups excluding carboxylic acids is 1. The lowest BCUT2D eigenvalue weighted by molar-refractivity contribution is 0.0644. The Bertz CT molecular complexity index is 728. The molecule has 0 unspecified atom stereocenters. The highest BCUT2D eigenvalue weighted by molar-refractivity contribution is 5.92. The number of hydrogen-bond acceptors (Lipinski definition) is 4. The first-order valence-electron chi connectivity index (χ1n) is 9.30. The summed E-state index contributed by atoms with van der Waals surface area (Å²) in [5.74, 6) is 0.0210. The smallest absolute Gasteiger partial charge is 0.276 e. The molecule has 132 valence electrons. The van der Waals surface area contributed by atoms with E-state index < -0.39 is 0 Å². The second-order valence-electron chi connectivity index (χ2n) is 6.93. The Kier molecular flexibility index (Phi) is 4.53. The van der Waals surface area contributed by atoms with E-state index in [4.69, 9.17) is 0 Å². The van der Waals surface area contributed by atoms with Gasteiger partial charge in [-0.1, -0.05) is 30.3 Å². The van der Waals surface area contributed by atoms with Gasteiger partial charge in [-0.25, -0.2) is 4.68 Å². The predicted octanol–water partition coefficient (Wildman–Crippen LogP) is 2.36. The van der Waals surface area contributed by atoms with Crippen LogP contribution >= 0.6 is 0 Å². The van der Waals surface area contributed by atoms with E-state index in [9.17, 15) is 4.79 Å². The van der Waals surface area contributed by atoms with Crippen molar-refractivity contribution in [3.05, 3.63) is 42.2 Å². The van der Waals surface area contributed by atoms with Crippen LogP contribution in [-0.2, 0) is 0 Å².